The van der Waals surface area contributed by atoms with E-state index >= 15 is 0 Å². The third-order valence-corrected chi connectivity index (χ3v) is 2.81. The van der Waals surface area contributed by atoms with Crippen LogP contribution < -0.4 is 0 Å². The molecule has 0 bridgehead atoms. The standard InChI is InChI=1S/C11H12O/c1-11(8-12)7-6-9-4-2-3-5-10(9)11/h2-5,8H,6-7H2,1H3/t11-/m0/s1. The van der Waals surface area contributed by atoms with Crippen molar-refractivity contribution in [1.29, 1.82) is 0 Å². The molecule has 1 atom stereocenters. The highest BCUT2D eigenvalue weighted by molar-refractivity contribution is 5.70. The molecule has 1 aromatic carbocycles. The number of rotatable bonds is 1. The highest BCUT2D eigenvalue weighted by Crippen LogP contribution is 2.36. The van der Waals surface area contributed by atoms with Crippen LogP contribution in [0.3, 0.4) is 0 Å². The van der Waals surface area contributed by atoms with Gasteiger partial charge >= 0.3 is 0 Å². The van der Waals surface area contributed by atoms with Crippen LogP contribution in [0.1, 0.15) is 24.5 Å². The molecule has 1 aliphatic carbocycles. The van der Waals surface area contributed by atoms with Gasteiger partial charge in [-0.05, 0) is 30.9 Å². The lowest BCUT2D eigenvalue weighted by atomic mass is 9.86. The molecule has 0 amide bonds. The van der Waals surface area contributed by atoms with E-state index in [-0.39, 0.29) is 5.41 Å². The van der Waals surface area contributed by atoms with Gasteiger partial charge in [-0.1, -0.05) is 24.3 Å². The Balaban J connectivity index is 2.56. The summed E-state index contributed by atoms with van der Waals surface area (Å²) in [6.07, 6.45) is 3.10. The largest absolute Gasteiger partial charge is 0.302 e. The summed E-state index contributed by atoms with van der Waals surface area (Å²) in [5.74, 6) is 0. The lowest BCUT2D eigenvalue weighted by Crippen LogP contribution is -2.19. The van der Waals surface area contributed by atoms with Crippen LogP contribution in [0.15, 0.2) is 24.3 Å². The molecule has 0 saturated carbocycles. The first-order valence-electron chi connectivity index (χ1n) is 4.31. The van der Waals surface area contributed by atoms with Gasteiger partial charge in [-0.15, -0.1) is 0 Å². The van der Waals surface area contributed by atoms with Crippen molar-refractivity contribution in [3.63, 3.8) is 0 Å². The van der Waals surface area contributed by atoms with Crippen molar-refractivity contribution in [2.75, 3.05) is 0 Å². The number of carbonyl (C=O) groups excluding carboxylic acids is 1. The monoisotopic (exact) mass is 160 g/mol. The minimum atomic E-state index is -0.212. The van der Waals surface area contributed by atoms with Crippen LogP contribution in [0.25, 0.3) is 0 Å². The summed E-state index contributed by atoms with van der Waals surface area (Å²) < 4.78 is 0. The van der Waals surface area contributed by atoms with Crippen molar-refractivity contribution in [1.82, 2.24) is 0 Å². The van der Waals surface area contributed by atoms with Crippen LogP contribution in [0.4, 0.5) is 0 Å². The maximum atomic E-state index is 10.9. The van der Waals surface area contributed by atoms with E-state index in [1.165, 1.54) is 11.1 Å². The number of fused-ring (bicyclic) bond motifs is 1. The molecule has 0 N–H and O–H groups in total. The maximum absolute atomic E-state index is 10.9. The van der Waals surface area contributed by atoms with Gasteiger partial charge in [-0.25, -0.2) is 0 Å². The van der Waals surface area contributed by atoms with E-state index in [4.69, 9.17) is 0 Å². The third kappa shape index (κ3) is 0.893. The van der Waals surface area contributed by atoms with Crippen LogP contribution in [-0.2, 0) is 16.6 Å². The molecule has 12 heavy (non-hydrogen) atoms. The minimum Gasteiger partial charge on any atom is -0.302 e. The smallest absolute Gasteiger partial charge is 0.130 e. The highest BCUT2D eigenvalue weighted by Gasteiger charge is 2.33. The van der Waals surface area contributed by atoms with E-state index < -0.39 is 0 Å². The van der Waals surface area contributed by atoms with Gasteiger partial charge in [0.2, 0.25) is 0 Å². The normalized spacial score (nSPS) is 26.8. The SMILES string of the molecule is C[C@@]1(C=O)CCc2ccccc21. The summed E-state index contributed by atoms with van der Waals surface area (Å²) >= 11 is 0. The summed E-state index contributed by atoms with van der Waals surface area (Å²) in [6, 6.07) is 8.22. The van der Waals surface area contributed by atoms with E-state index in [0.717, 1.165) is 19.1 Å². The zero-order valence-electron chi connectivity index (χ0n) is 7.21. The Morgan fingerprint density at radius 3 is 2.92 bits per heavy atom. The van der Waals surface area contributed by atoms with Crippen molar-refractivity contribution >= 4 is 6.29 Å². The summed E-state index contributed by atoms with van der Waals surface area (Å²) in [7, 11) is 0. The Morgan fingerprint density at radius 2 is 2.17 bits per heavy atom. The molecular weight excluding hydrogens is 148 g/mol. The molecular formula is C11H12O. The van der Waals surface area contributed by atoms with E-state index in [0.29, 0.717) is 0 Å². The summed E-state index contributed by atoms with van der Waals surface area (Å²) in [6.45, 7) is 2.02. The highest BCUT2D eigenvalue weighted by atomic mass is 16.1. The lowest BCUT2D eigenvalue weighted by molar-refractivity contribution is -0.112. The topological polar surface area (TPSA) is 17.1 Å². The van der Waals surface area contributed by atoms with Crippen LogP contribution in [-0.4, -0.2) is 6.29 Å². The van der Waals surface area contributed by atoms with Crippen molar-refractivity contribution < 1.29 is 4.79 Å². The maximum Gasteiger partial charge on any atom is 0.130 e. The average Bonchev–Trinajstić information content (AvgIpc) is 2.46. The second-order valence-corrected chi connectivity index (χ2v) is 3.69. The van der Waals surface area contributed by atoms with Crippen molar-refractivity contribution in [2.45, 2.75) is 25.2 Å². The van der Waals surface area contributed by atoms with Crippen LogP contribution in [0.5, 0.6) is 0 Å². The predicted octanol–water partition coefficient (Wildman–Crippen LogP) is 2.09. The van der Waals surface area contributed by atoms with Crippen molar-refractivity contribution in [3.8, 4) is 0 Å². The van der Waals surface area contributed by atoms with Crippen molar-refractivity contribution in [2.24, 2.45) is 0 Å². The minimum absolute atomic E-state index is 0.212. The fourth-order valence-corrected chi connectivity index (χ4v) is 1.95. The number of hydrogen-bond acceptors (Lipinski definition) is 1. The quantitative estimate of drug-likeness (QED) is 0.575. The molecule has 0 aromatic heterocycles. The number of aldehydes is 1. The number of hydrogen-bond donors (Lipinski definition) is 0. The second kappa shape index (κ2) is 2.44. The van der Waals surface area contributed by atoms with Gasteiger partial charge in [0.25, 0.3) is 0 Å². The van der Waals surface area contributed by atoms with Gasteiger partial charge in [0, 0.05) is 5.41 Å². The first-order chi connectivity index (χ1) is 5.76. The Morgan fingerprint density at radius 1 is 1.42 bits per heavy atom. The molecule has 0 heterocycles. The predicted molar refractivity (Wildman–Crippen MR) is 48.2 cm³/mol. The molecule has 0 spiro atoms. The van der Waals surface area contributed by atoms with Gasteiger partial charge in [-0.3, -0.25) is 0 Å². The molecule has 2 rings (SSSR count). The second-order valence-electron chi connectivity index (χ2n) is 3.69. The molecule has 0 unspecified atom stereocenters. The lowest BCUT2D eigenvalue weighted by Gasteiger charge is -2.16. The Hall–Kier alpha value is -1.11. The third-order valence-electron chi connectivity index (χ3n) is 2.81. The molecule has 0 fully saturated rings. The molecule has 1 aliphatic rings. The van der Waals surface area contributed by atoms with E-state index in [1.54, 1.807) is 0 Å². The average molecular weight is 160 g/mol. The van der Waals surface area contributed by atoms with E-state index in [1.807, 2.05) is 19.1 Å². The van der Waals surface area contributed by atoms with Crippen LogP contribution in [0, 0.1) is 0 Å². The van der Waals surface area contributed by atoms with Gasteiger partial charge in [-0.2, -0.15) is 0 Å². The van der Waals surface area contributed by atoms with Gasteiger partial charge in [0.15, 0.2) is 0 Å². The van der Waals surface area contributed by atoms with E-state index in [2.05, 4.69) is 12.1 Å². The first-order valence-corrected chi connectivity index (χ1v) is 4.31. The molecule has 1 nitrogen and oxygen atoms in total. The van der Waals surface area contributed by atoms with Crippen molar-refractivity contribution in [3.05, 3.63) is 35.4 Å². The van der Waals surface area contributed by atoms with Gasteiger partial charge < -0.3 is 4.79 Å². The number of carbonyl (C=O) groups is 1. The van der Waals surface area contributed by atoms with E-state index in [9.17, 15) is 4.79 Å². The Bertz CT molecular complexity index is 317. The molecule has 0 saturated heterocycles. The fraction of sp³-hybridized carbons (Fsp3) is 0.364. The Kier molecular flexibility index (Phi) is 1.53. The molecule has 62 valence electrons. The zero-order chi connectivity index (χ0) is 8.60. The molecule has 1 heteroatoms. The fourth-order valence-electron chi connectivity index (χ4n) is 1.95. The van der Waals surface area contributed by atoms with Crippen LogP contribution >= 0.6 is 0 Å². The molecule has 0 radical (unpaired) electrons. The molecule has 1 aromatic rings. The number of aryl methyl sites for hydroxylation is 1. The van der Waals surface area contributed by atoms with Gasteiger partial charge in [0.05, 0.1) is 0 Å². The summed E-state index contributed by atoms with van der Waals surface area (Å²) in [4.78, 5) is 10.9. The zero-order valence-corrected chi connectivity index (χ0v) is 7.21. The first kappa shape index (κ1) is 7.53. The number of benzene rings is 1. The molecule has 0 aliphatic heterocycles. The van der Waals surface area contributed by atoms with Gasteiger partial charge in [0.1, 0.15) is 6.29 Å². The summed E-state index contributed by atoms with van der Waals surface area (Å²) in [5.41, 5.74) is 2.35. The summed E-state index contributed by atoms with van der Waals surface area (Å²) in [5, 5.41) is 0. The Labute approximate surface area is 72.4 Å². The van der Waals surface area contributed by atoms with Crippen LogP contribution in [0.2, 0.25) is 0 Å².